The van der Waals surface area contributed by atoms with E-state index in [2.05, 4.69) is 11.4 Å². The van der Waals surface area contributed by atoms with Crippen LogP contribution in [-0.4, -0.2) is 23.5 Å². The van der Waals surface area contributed by atoms with Crippen molar-refractivity contribution < 1.29 is 4.79 Å². The third-order valence-corrected chi connectivity index (χ3v) is 3.43. The molecule has 4 heteroatoms. The molecule has 1 aromatic rings. The molecule has 2 amide bonds. The summed E-state index contributed by atoms with van der Waals surface area (Å²) in [5.74, 6) is 0. The molecule has 1 fully saturated rings. The molecule has 0 spiro atoms. The average molecular weight is 210 g/mol. The molecule has 0 aliphatic carbocycles. The fourth-order valence-electron chi connectivity index (χ4n) is 1.65. The predicted octanol–water partition coefficient (Wildman–Crippen LogP) is 2.22. The summed E-state index contributed by atoms with van der Waals surface area (Å²) in [6.45, 7) is 4.86. The first-order valence-corrected chi connectivity index (χ1v) is 5.67. The largest absolute Gasteiger partial charge is 0.329 e. The lowest BCUT2D eigenvalue weighted by Crippen LogP contribution is -2.33. The van der Waals surface area contributed by atoms with Gasteiger partial charge in [0.1, 0.15) is 0 Å². The second-order valence-electron chi connectivity index (χ2n) is 3.76. The molecule has 0 saturated carbocycles. The fraction of sp³-hybridized carbons (Fsp3) is 0.500. The minimum atomic E-state index is 0.0541. The number of hydrogen-bond acceptors (Lipinski definition) is 2. The van der Waals surface area contributed by atoms with Crippen LogP contribution in [0.4, 0.5) is 4.79 Å². The number of nitrogens with one attached hydrogen (secondary N) is 1. The van der Waals surface area contributed by atoms with Crippen LogP contribution in [0.1, 0.15) is 24.8 Å². The van der Waals surface area contributed by atoms with Gasteiger partial charge >= 0.3 is 6.03 Å². The van der Waals surface area contributed by atoms with E-state index >= 15 is 0 Å². The summed E-state index contributed by atoms with van der Waals surface area (Å²) >= 11 is 1.69. The number of amides is 2. The Morgan fingerprint density at radius 1 is 1.64 bits per heavy atom. The zero-order valence-electron chi connectivity index (χ0n) is 8.36. The monoisotopic (exact) mass is 210 g/mol. The molecular formula is C10H14N2OS. The summed E-state index contributed by atoms with van der Waals surface area (Å²) < 4.78 is 0. The van der Waals surface area contributed by atoms with Crippen LogP contribution in [0, 0.1) is 0 Å². The first kappa shape index (κ1) is 9.52. The van der Waals surface area contributed by atoms with Crippen molar-refractivity contribution in [3.05, 3.63) is 22.4 Å². The minimum absolute atomic E-state index is 0.0541. The van der Waals surface area contributed by atoms with Crippen molar-refractivity contribution in [1.29, 1.82) is 0 Å². The Hall–Kier alpha value is -1.03. The summed E-state index contributed by atoms with van der Waals surface area (Å²) in [6, 6.07) is 4.60. The normalized spacial score (nSPS) is 21.8. The molecule has 1 atom stereocenters. The van der Waals surface area contributed by atoms with Gasteiger partial charge in [-0.2, -0.15) is 0 Å². The van der Waals surface area contributed by atoms with Crippen LogP contribution in [0.2, 0.25) is 0 Å². The zero-order valence-corrected chi connectivity index (χ0v) is 9.17. The summed E-state index contributed by atoms with van der Waals surface area (Å²) in [6.07, 6.45) is 0. The van der Waals surface area contributed by atoms with Gasteiger partial charge in [0.2, 0.25) is 0 Å². The summed E-state index contributed by atoms with van der Waals surface area (Å²) in [5, 5.41) is 5.03. The van der Waals surface area contributed by atoms with Gasteiger partial charge in [0.15, 0.2) is 0 Å². The molecule has 2 heterocycles. The molecule has 1 N–H and O–H groups in total. The predicted molar refractivity (Wildman–Crippen MR) is 57.4 cm³/mol. The van der Waals surface area contributed by atoms with Crippen molar-refractivity contribution >= 4 is 17.4 Å². The average Bonchev–Trinajstić information content (AvgIpc) is 2.70. The molecule has 14 heavy (non-hydrogen) atoms. The van der Waals surface area contributed by atoms with Crippen LogP contribution >= 0.6 is 11.3 Å². The SMILES string of the molecule is CC(C)N1CC(c2cccs2)NC1=O. The third kappa shape index (κ3) is 1.62. The summed E-state index contributed by atoms with van der Waals surface area (Å²) in [7, 11) is 0. The van der Waals surface area contributed by atoms with E-state index in [1.54, 1.807) is 11.3 Å². The maximum absolute atomic E-state index is 11.5. The molecule has 2 rings (SSSR count). The van der Waals surface area contributed by atoms with E-state index in [4.69, 9.17) is 0 Å². The summed E-state index contributed by atoms with van der Waals surface area (Å²) in [5.41, 5.74) is 0. The fourth-order valence-corrected chi connectivity index (χ4v) is 2.42. The molecule has 0 bridgehead atoms. The third-order valence-electron chi connectivity index (χ3n) is 2.45. The Bertz CT molecular complexity index is 321. The molecule has 1 aliphatic heterocycles. The standard InChI is InChI=1S/C10H14N2OS/c1-7(2)12-6-8(11-10(12)13)9-4-3-5-14-9/h3-5,7-8H,6H2,1-2H3,(H,11,13). The second kappa shape index (κ2) is 3.61. The highest BCUT2D eigenvalue weighted by molar-refractivity contribution is 7.10. The van der Waals surface area contributed by atoms with Crippen LogP contribution in [0.3, 0.4) is 0 Å². The lowest BCUT2D eigenvalue weighted by atomic mass is 10.2. The van der Waals surface area contributed by atoms with Crippen LogP contribution in [0.25, 0.3) is 0 Å². The Balaban J connectivity index is 2.10. The zero-order chi connectivity index (χ0) is 10.1. The molecule has 0 aromatic carbocycles. The van der Waals surface area contributed by atoms with Crippen LogP contribution in [-0.2, 0) is 0 Å². The maximum atomic E-state index is 11.5. The maximum Gasteiger partial charge on any atom is 0.318 e. The first-order valence-electron chi connectivity index (χ1n) is 4.79. The van der Waals surface area contributed by atoms with Gasteiger partial charge in [-0.25, -0.2) is 4.79 Å². The molecule has 76 valence electrons. The van der Waals surface area contributed by atoms with Gasteiger partial charge in [0.05, 0.1) is 6.04 Å². The van der Waals surface area contributed by atoms with Gasteiger partial charge < -0.3 is 10.2 Å². The Kier molecular flexibility index (Phi) is 2.46. The molecule has 1 unspecified atom stereocenters. The number of carbonyl (C=O) groups is 1. The van der Waals surface area contributed by atoms with Gasteiger partial charge in [-0.3, -0.25) is 0 Å². The molecule has 0 radical (unpaired) electrons. The molecule has 1 saturated heterocycles. The quantitative estimate of drug-likeness (QED) is 0.797. The van der Waals surface area contributed by atoms with E-state index in [0.29, 0.717) is 0 Å². The van der Waals surface area contributed by atoms with E-state index in [-0.39, 0.29) is 18.1 Å². The first-order chi connectivity index (χ1) is 6.68. The van der Waals surface area contributed by atoms with E-state index in [1.807, 2.05) is 30.2 Å². The van der Waals surface area contributed by atoms with Gasteiger partial charge in [0.25, 0.3) is 0 Å². The van der Waals surface area contributed by atoms with Crippen molar-refractivity contribution in [2.75, 3.05) is 6.54 Å². The Morgan fingerprint density at radius 2 is 2.43 bits per heavy atom. The smallest absolute Gasteiger partial charge is 0.318 e. The van der Waals surface area contributed by atoms with Crippen molar-refractivity contribution in [1.82, 2.24) is 10.2 Å². The van der Waals surface area contributed by atoms with Crippen LogP contribution in [0.5, 0.6) is 0 Å². The lowest BCUT2D eigenvalue weighted by Gasteiger charge is -2.18. The van der Waals surface area contributed by atoms with Gasteiger partial charge in [0, 0.05) is 17.5 Å². The van der Waals surface area contributed by atoms with Crippen molar-refractivity contribution in [2.45, 2.75) is 25.9 Å². The molecule has 1 aliphatic rings. The van der Waals surface area contributed by atoms with Crippen molar-refractivity contribution in [3.63, 3.8) is 0 Å². The summed E-state index contributed by atoms with van der Waals surface area (Å²) in [4.78, 5) is 14.6. The highest BCUT2D eigenvalue weighted by Gasteiger charge is 2.31. The van der Waals surface area contributed by atoms with E-state index < -0.39 is 0 Å². The number of thiophene rings is 1. The van der Waals surface area contributed by atoms with Gasteiger partial charge in [-0.1, -0.05) is 6.07 Å². The number of hydrogen-bond donors (Lipinski definition) is 1. The minimum Gasteiger partial charge on any atom is -0.329 e. The molecular weight excluding hydrogens is 196 g/mol. The number of nitrogens with zero attached hydrogens (tertiary/aromatic N) is 1. The van der Waals surface area contributed by atoms with Crippen LogP contribution < -0.4 is 5.32 Å². The number of rotatable bonds is 2. The molecule has 1 aromatic heterocycles. The van der Waals surface area contributed by atoms with E-state index in [9.17, 15) is 4.79 Å². The second-order valence-corrected chi connectivity index (χ2v) is 4.74. The van der Waals surface area contributed by atoms with Gasteiger partial charge in [-0.15, -0.1) is 11.3 Å². The highest BCUT2D eigenvalue weighted by Crippen LogP contribution is 2.25. The van der Waals surface area contributed by atoms with Gasteiger partial charge in [-0.05, 0) is 25.3 Å². The van der Waals surface area contributed by atoms with E-state index in [1.165, 1.54) is 4.88 Å². The number of urea groups is 1. The lowest BCUT2D eigenvalue weighted by molar-refractivity contribution is 0.206. The van der Waals surface area contributed by atoms with E-state index in [0.717, 1.165) is 6.54 Å². The highest BCUT2D eigenvalue weighted by atomic mass is 32.1. The van der Waals surface area contributed by atoms with Crippen molar-refractivity contribution in [3.8, 4) is 0 Å². The van der Waals surface area contributed by atoms with Crippen LogP contribution in [0.15, 0.2) is 17.5 Å². The number of carbonyl (C=O) groups excluding carboxylic acids is 1. The Labute approximate surface area is 87.7 Å². The Morgan fingerprint density at radius 3 is 2.93 bits per heavy atom. The van der Waals surface area contributed by atoms with Crippen molar-refractivity contribution in [2.24, 2.45) is 0 Å². The topological polar surface area (TPSA) is 32.3 Å². The molecule has 3 nitrogen and oxygen atoms in total.